The number of benzene rings is 1. The SMILES string of the molecule is C[C@@]1(C(=O)O)CCN(C(=O)c2cccc(-n3cnnn3)c2)C1. The topological polar surface area (TPSA) is 101 Å². The molecule has 22 heavy (non-hydrogen) atoms. The molecule has 1 fully saturated rings. The molecule has 0 aliphatic carbocycles. The van der Waals surface area contributed by atoms with Gasteiger partial charge >= 0.3 is 5.97 Å². The number of aromatic nitrogens is 4. The van der Waals surface area contributed by atoms with Gasteiger partial charge in [0.25, 0.3) is 5.91 Å². The van der Waals surface area contributed by atoms with E-state index >= 15 is 0 Å². The van der Waals surface area contributed by atoms with Gasteiger partial charge in [-0.05, 0) is 42.0 Å². The van der Waals surface area contributed by atoms with E-state index in [4.69, 9.17) is 0 Å². The van der Waals surface area contributed by atoms with Gasteiger partial charge in [0.05, 0.1) is 11.1 Å². The molecular formula is C14H15N5O3. The number of tetrazole rings is 1. The molecule has 1 amide bonds. The van der Waals surface area contributed by atoms with Crippen LogP contribution in [0.3, 0.4) is 0 Å². The summed E-state index contributed by atoms with van der Waals surface area (Å²) in [7, 11) is 0. The lowest BCUT2D eigenvalue weighted by atomic mass is 9.90. The summed E-state index contributed by atoms with van der Waals surface area (Å²) in [5, 5.41) is 20.2. The van der Waals surface area contributed by atoms with Crippen molar-refractivity contribution in [2.45, 2.75) is 13.3 Å². The summed E-state index contributed by atoms with van der Waals surface area (Å²) >= 11 is 0. The Morgan fingerprint density at radius 3 is 2.82 bits per heavy atom. The molecule has 0 bridgehead atoms. The fourth-order valence-electron chi connectivity index (χ4n) is 2.55. The van der Waals surface area contributed by atoms with Crippen molar-refractivity contribution < 1.29 is 14.7 Å². The highest BCUT2D eigenvalue weighted by molar-refractivity contribution is 5.95. The molecule has 114 valence electrons. The summed E-state index contributed by atoms with van der Waals surface area (Å²) in [6.07, 6.45) is 1.90. The lowest BCUT2D eigenvalue weighted by molar-refractivity contribution is -0.147. The summed E-state index contributed by atoms with van der Waals surface area (Å²) in [6.45, 7) is 2.33. The molecule has 3 rings (SSSR count). The maximum Gasteiger partial charge on any atom is 0.311 e. The van der Waals surface area contributed by atoms with Crippen molar-refractivity contribution in [2.24, 2.45) is 5.41 Å². The third-order valence-electron chi connectivity index (χ3n) is 3.98. The number of carboxylic acids is 1. The molecule has 0 unspecified atom stereocenters. The molecule has 2 aromatic rings. The van der Waals surface area contributed by atoms with Gasteiger partial charge in [0.2, 0.25) is 0 Å². The van der Waals surface area contributed by atoms with Crippen LogP contribution in [0.5, 0.6) is 0 Å². The Balaban J connectivity index is 1.82. The van der Waals surface area contributed by atoms with E-state index in [1.807, 2.05) is 0 Å². The lowest BCUT2D eigenvalue weighted by Gasteiger charge is -2.20. The highest BCUT2D eigenvalue weighted by Crippen LogP contribution is 2.31. The minimum Gasteiger partial charge on any atom is -0.481 e. The van der Waals surface area contributed by atoms with Crippen LogP contribution < -0.4 is 0 Å². The molecule has 0 spiro atoms. The van der Waals surface area contributed by atoms with Crippen molar-refractivity contribution >= 4 is 11.9 Å². The maximum atomic E-state index is 12.6. The van der Waals surface area contributed by atoms with E-state index in [1.54, 1.807) is 36.1 Å². The Labute approximate surface area is 126 Å². The highest BCUT2D eigenvalue weighted by atomic mass is 16.4. The van der Waals surface area contributed by atoms with E-state index in [2.05, 4.69) is 15.5 Å². The second-order valence-corrected chi connectivity index (χ2v) is 5.65. The average molecular weight is 301 g/mol. The van der Waals surface area contributed by atoms with E-state index in [0.717, 1.165) is 0 Å². The first-order valence-corrected chi connectivity index (χ1v) is 6.86. The van der Waals surface area contributed by atoms with Gasteiger partial charge in [-0.3, -0.25) is 9.59 Å². The van der Waals surface area contributed by atoms with Gasteiger partial charge in [-0.2, -0.15) is 0 Å². The van der Waals surface area contributed by atoms with Crippen LogP contribution in [0.4, 0.5) is 0 Å². The van der Waals surface area contributed by atoms with Crippen molar-refractivity contribution in [3.05, 3.63) is 36.2 Å². The molecule has 1 aliphatic rings. The van der Waals surface area contributed by atoms with Crippen molar-refractivity contribution in [2.75, 3.05) is 13.1 Å². The van der Waals surface area contributed by atoms with E-state index in [1.165, 1.54) is 11.0 Å². The number of amides is 1. The van der Waals surface area contributed by atoms with Crippen LogP contribution in [-0.2, 0) is 4.79 Å². The normalized spacial score (nSPS) is 21.0. The fourth-order valence-corrected chi connectivity index (χ4v) is 2.55. The zero-order chi connectivity index (χ0) is 15.7. The molecule has 0 radical (unpaired) electrons. The molecule has 8 heteroatoms. The van der Waals surface area contributed by atoms with E-state index in [9.17, 15) is 14.7 Å². The van der Waals surface area contributed by atoms with E-state index in [0.29, 0.717) is 24.2 Å². The smallest absolute Gasteiger partial charge is 0.311 e. The molecule has 1 atom stereocenters. The lowest BCUT2D eigenvalue weighted by Crippen LogP contribution is -2.34. The number of carbonyl (C=O) groups is 2. The second-order valence-electron chi connectivity index (χ2n) is 5.65. The fraction of sp³-hybridized carbons (Fsp3) is 0.357. The predicted molar refractivity (Wildman–Crippen MR) is 75.4 cm³/mol. The van der Waals surface area contributed by atoms with Gasteiger partial charge in [-0.1, -0.05) is 6.07 Å². The summed E-state index contributed by atoms with van der Waals surface area (Å²) in [4.78, 5) is 25.4. The molecule has 2 heterocycles. The van der Waals surface area contributed by atoms with Crippen LogP contribution in [0.2, 0.25) is 0 Å². The summed E-state index contributed by atoms with van der Waals surface area (Å²) in [5.74, 6) is -1.05. The molecule has 1 saturated heterocycles. The number of hydrogen-bond acceptors (Lipinski definition) is 5. The van der Waals surface area contributed by atoms with Crippen molar-refractivity contribution in [1.29, 1.82) is 0 Å². The Bertz CT molecular complexity index is 715. The van der Waals surface area contributed by atoms with Gasteiger partial charge < -0.3 is 10.0 Å². The van der Waals surface area contributed by atoms with Gasteiger partial charge in [-0.15, -0.1) is 5.10 Å². The molecule has 1 aromatic carbocycles. The zero-order valence-electron chi connectivity index (χ0n) is 12.0. The van der Waals surface area contributed by atoms with Crippen LogP contribution >= 0.6 is 0 Å². The predicted octanol–water partition coefficient (Wildman–Crippen LogP) is 0.599. The molecule has 1 aliphatic heterocycles. The first-order chi connectivity index (χ1) is 10.5. The maximum absolute atomic E-state index is 12.6. The van der Waals surface area contributed by atoms with Crippen LogP contribution in [-0.4, -0.2) is 55.2 Å². The molecule has 0 saturated carbocycles. The monoisotopic (exact) mass is 301 g/mol. The summed E-state index contributed by atoms with van der Waals surface area (Å²) in [6, 6.07) is 6.93. The Morgan fingerprint density at radius 1 is 1.36 bits per heavy atom. The first-order valence-electron chi connectivity index (χ1n) is 6.86. The van der Waals surface area contributed by atoms with Gasteiger partial charge in [0.15, 0.2) is 0 Å². The number of nitrogens with zero attached hydrogens (tertiary/aromatic N) is 5. The van der Waals surface area contributed by atoms with Crippen molar-refractivity contribution in [3.8, 4) is 5.69 Å². The average Bonchev–Trinajstić information content (AvgIpc) is 3.17. The van der Waals surface area contributed by atoms with E-state index < -0.39 is 11.4 Å². The number of hydrogen-bond donors (Lipinski definition) is 1. The molecule has 1 N–H and O–H groups in total. The van der Waals surface area contributed by atoms with Crippen LogP contribution in [0.15, 0.2) is 30.6 Å². The third kappa shape index (κ3) is 2.43. The Hall–Kier alpha value is -2.77. The number of rotatable bonds is 3. The van der Waals surface area contributed by atoms with Crippen molar-refractivity contribution in [3.63, 3.8) is 0 Å². The number of aliphatic carboxylic acids is 1. The van der Waals surface area contributed by atoms with Crippen LogP contribution in [0.1, 0.15) is 23.7 Å². The minimum absolute atomic E-state index is 0.181. The number of carboxylic acid groups (broad SMARTS) is 1. The second kappa shape index (κ2) is 5.21. The van der Waals surface area contributed by atoms with Crippen LogP contribution in [0.25, 0.3) is 5.69 Å². The van der Waals surface area contributed by atoms with Gasteiger partial charge in [-0.25, -0.2) is 4.68 Å². The first kappa shape index (κ1) is 14.2. The summed E-state index contributed by atoms with van der Waals surface area (Å²) in [5.41, 5.74) is 0.294. The van der Waals surface area contributed by atoms with Crippen LogP contribution in [0, 0.1) is 5.41 Å². The number of carbonyl (C=O) groups excluding carboxylic acids is 1. The standard InChI is InChI=1S/C14H15N5O3/c1-14(13(21)22)5-6-18(8-14)12(20)10-3-2-4-11(7-10)19-9-15-16-17-19/h2-4,7,9H,5-6,8H2,1H3,(H,21,22)/t14-/m1/s1. The zero-order valence-corrected chi connectivity index (χ0v) is 12.0. The van der Waals surface area contributed by atoms with Crippen molar-refractivity contribution in [1.82, 2.24) is 25.1 Å². The quantitative estimate of drug-likeness (QED) is 0.890. The molecule has 1 aromatic heterocycles. The molecule has 8 nitrogen and oxygen atoms in total. The Morgan fingerprint density at radius 2 is 2.18 bits per heavy atom. The third-order valence-corrected chi connectivity index (χ3v) is 3.98. The largest absolute Gasteiger partial charge is 0.481 e. The Kier molecular flexibility index (Phi) is 3.36. The number of likely N-dealkylation sites (tertiary alicyclic amines) is 1. The van der Waals surface area contributed by atoms with E-state index in [-0.39, 0.29) is 12.5 Å². The summed E-state index contributed by atoms with van der Waals surface area (Å²) < 4.78 is 1.46. The molecular weight excluding hydrogens is 286 g/mol. The highest BCUT2D eigenvalue weighted by Gasteiger charge is 2.42. The van der Waals surface area contributed by atoms with Gasteiger partial charge in [0.1, 0.15) is 6.33 Å². The van der Waals surface area contributed by atoms with Gasteiger partial charge in [0, 0.05) is 18.7 Å². The minimum atomic E-state index is -0.872.